The van der Waals surface area contributed by atoms with Gasteiger partial charge in [-0.2, -0.15) is 0 Å². The molecule has 2 heterocycles. The van der Waals surface area contributed by atoms with Gasteiger partial charge < -0.3 is 15.2 Å². The Hall–Kier alpha value is -1.78. The number of hydrogen-bond donors (Lipinski definition) is 2. The van der Waals surface area contributed by atoms with Crippen LogP contribution in [0.15, 0.2) is 18.5 Å². The van der Waals surface area contributed by atoms with Gasteiger partial charge >= 0.3 is 0 Å². The van der Waals surface area contributed by atoms with Crippen LogP contribution in [0, 0.1) is 5.92 Å². The topological polar surface area (TPSA) is 65.2 Å². The van der Waals surface area contributed by atoms with E-state index < -0.39 is 0 Å². The van der Waals surface area contributed by atoms with Crippen LogP contribution < -0.4 is 5.32 Å². The first kappa shape index (κ1) is 12.7. The summed E-state index contributed by atoms with van der Waals surface area (Å²) in [5, 5.41) is 2.87. The molecular formula is C13H19N3O2. The molecule has 1 aromatic rings. The predicted molar refractivity (Wildman–Crippen MR) is 67.6 cm³/mol. The van der Waals surface area contributed by atoms with Crippen molar-refractivity contribution in [3.05, 3.63) is 24.0 Å². The van der Waals surface area contributed by atoms with E-state index in [4.69, 9.17) is 0 Å². The van der Waals surface area contributed by atoms with Crippen molar-refractivity contribution in [1.82, 2.24) is 15.2 Å². The van der Waals surface area contributed by atoms with E-state index >= 15 is 0 Å². The largest absolute Gasteiger partial charge is 0.367 e. The molecule has 5 heteroatoms. The molecule has 2 amide bonds. The minimum absolute atomic E-state index is 0.0345. The molecule has 18 heavy (non-hydrogen) atoms. The average molecular weight is 249 g/mol. The number of rotatable bonds is 4. The molecule has 1 atom stereocenters. The average Bonchev–Trinajstić information content (AvgIpc) is 2.94. The van der Waals surface area contributed by atoms with E-state index in [0.29, 0.717) is 19.5 Å². The monoisotopic (exact) mass is 249 g/mol. The Balaban J connectivity index is 1.85. The second-order valence-electron chi connectivity index (χ2n) is 4.98. The zero-order valence-electron chi connectivity index (χ0n) is 10.8. The second-order valence-corrected chi connectivity index (χ2v) is 4.98. The van der Waals surface area contributed by atoms with E-state index in [0.717, 1.165) is 5.56 Å². The Morgan fingerprint density at radius 2 is 2.39 bits per heavy atom. The Labute approximate surface area is 107 Å². The van der Waals surface area contributed by atoms with Gasteiger partial charge in [0.15, 0.2) is 0 Å². The number of nitrogens with zero attached hydrogens (tertiary/aromatic N) is 1. The fourth-order valence-electron chi connectivity index (χ4n) is 2.21. The van der Waals surface area contributed by atoms with Crippen molar-refractivity contribution in [2.45, 2.75) is 32.9 Å². The number of hydrogen-bond acceptors (Lipinski definition) is 2. The predicted octanol–water partition coefficient (Wildman–Crippen LogP) is 0.888. The van der Waals surface area contributed by atoms with Crippen molar-refractivity contribution in [2.24, 2.45) is 5.92 Å². The van der Waals surface area contributed by atoms with Crippen LogP contribution >= 0.6 is 0 Å². The number of H-pyrrole nitrogens is 1. The van der Waals surface area contributed by atoms with Gasteiger partial charge in [-0.25, -0.2) is 0 Å². The summed E-state index contributed by atoms with van der Waals surface area (Å²) in [5.74, 6) is -0.168. The zero-order chi connectivity index (χ0) is 13.1. The van der Waals surface area contributed by atoms with Crippen LogP contribution in [0.5, 0.6) is 0 Å². The van der Waals surface area contributed by atoms with Crippen LogP contribution in [0.2, 0.25) is 0 Å². The van der Waals surface area contributed by atoms with Crippen LogP contribution in [0.3, 0.4) is 0 Å². The molecule has 2 N–H and O–H groups in total. The number of likely N-dealkylation sites (tertiary alicyclic amines) is 1. The standard InChI is InChI=1S/C13H19N3O2/c1-9(2)16-8-11(5-12(16)17)13(18)15-7-10-3-4-14-6-10/h3-4,6,9,11,14H,5,7-8H2,1-2H3,(H,15,18). The van der Waals surface area contributed by atoms with Crippen LogP contribution in [0.1, 0.15) is 25.8 Å². The quantitative estimate of drug-likeness (QED) is 0.832. The van der Waals surface area contributed by atoms with E-state index in [1.54, 1.807) is 4.90 Å². The lowest BCUT2D eigenvalue weighted by Gasteiger charge is -2.20. The van der Waals surface area contributed by atoms with Crippen molar-refractivity contribution in [2.75, 3.05) is 6.54 Å². The van der Waals surface area contributed by atoms with Crippen LogP contribution in [-0.4, -0.2) is 34.3 Å². The summed E-state index contributed by atoms with van der Waals surface area (Å²) in [6.07, 6.45) is 4.00. The van der Waals surface area contributed by atoms with Gasteiger partial charge in [-0.15, -0.1) is 0 Å². The molecule has 0 aromatic carbocycles. The summed E-state index contributed by atoms with van der Waals surface area (Å²) in [5.41, 5.74) is 1.04. The summed E-state index contributed by atoms with van der Waals surface area (Å²) < 4.78 is 0. The molecule has 98 valence electrons. The number of carbonyl (C=O) groups excluding carboxylic acids is 2. The van der Waals surface area contributed by atoms with Crippen LogP contribution in [0.4, 0.5) is 0 Å². The van der Waals surface area contributed by atoms with Gasteiger partial charge in [0.25, 0.3) is 0 Å². The highest BCUT2D eigenvalue weighted by molar-refractivity contribution is 5.89. The maximum Gasteiger partial charge on any atom is 0.225 e. The third-order valence-corrected chi connectivity index (χ3v) is 3.28. The van der Waals surface area contributed by atoms with Gasteiger partial charge in [-0.3, -0.25) is 9.59 Å². The first-order valence-electron chi connectivity index (χ1n) is 6.26. The van der Waals surface area contributed by atoms with Gasteiger partial charge in [0.1, 0.15) is 0 Å². The molecule has 1 unspecified atom stereocenters. The fraction of sp³-hybridized carbons (Fsp3) is 0.538. The minimum atomic E-state index is -0.209. The summed E-state index contributed by atoms with van der Waals surface area (Å²) in [4.78, 5) is 28.4. The Kier molecular flexibility index (Phi) is 3.69. The molecule has 5 nitrogen and oxygen atoms in total. The fourth-order valence-corrected chi connectivity index (χ4v) is 2.21. The normalized spacial score (nSPS) is 19.6. The molecule has 1 fully saturated rings. The molecule has 1 aromatic heterocycles. The maximum absolute atomic E-state index is 12.0. The van der Waals surface area contributed by atoms with Gasteiger partial charge in [-0.1, -0.05) is 0 Å². The number of amides is 2. The zero-order valence-corrected chi connectivity index (χ0v) is 10.8. The third-order valence-electron chi connectivity index (χ3n) is 3.28. The summed E-state index contributed by atoms with van der Waals surface area (Å²) in [7, 11) is 0. The van der Waals surface area contributed by atoms with Crippen molar-refractivity contribution in [3.8, 4) is 0 Å². The van der Waals surface area contributed by atoms with Crippen molar-refractivity contribution < 1.29 is 9.59 Å². The number of carbonyl (C=O) groups is 2. The molecule has 1 aliphatic rings. The van der Waals surface area contributed by atoms with E-state index in [-0.39, 0.29) is 23.8 Å². The maximum atomic E-state index is 12.0. The minimum Gasteiger partial charge on any atom is -0.367 e. The Morgan fingerprint density at radius 1 is 1.61 bits per heavy atom. The molecular weight excluding hydrogens is 230 g/mol. The summed E-state index contributed by atoms with van der Waals surface area (Å²) in [6.45, 7) is 4.99. The lowest BCUT2D eigenvalue weighted by Crippen LogP contribution is -2.35. The Bertz CT molecular complexity index is 425. The highest BCUT2D eigenvalue weighted by Crippen LogP contribution is 2.20. The molecule has 1 saturated heterocycles. The summed E-state index contributed by atoms with van der Waals surface area (Å²) in [6, 6.07) is 2.08. The summed E-state index contributed by atoms with van der Waals surface area (Å²) >= 11 is 0. The van der Waals surface area contributed by atoms with Gasteiger partial charge in [0, 0.05) is 37.9 Å². The lowest BCUT2D eigenvalue weighted by molar-refractivity contribution is -0.129. The lowest BCUT2D eigenvalue weighted by atomic mass is 10.1. The van der Waals surface area contributed by atoms with Gasteiger partial charge in [0.2, 0.25) is 11.8 Å². The molecule has 0 bridgehead atoms. The number of nitrogens with one attached hydrogen (secondary N) is 2. The van der Waals surface area contributed by atoms with Gasteiger partial charge in [-0.05, 0) is 25.5 Å². The highest BCUT2D eigenvalue weighted by Gasteiger charge is 2.35. The Morgan fingerprint density at radius 3 is 2.94 bits per heavy atom. The molecule has 1 aliphatic heterocycles. The van der Waals surface area contributed by atoms with Gasteiger partial charge in [0.05, 0.1) is 5.92 Å². The molecule has 0 saturated carbocycles. The highest BCUT2D eigenvalue weighted by atomic mass is 16.2. The molecule has 0 radical (unpaired) electrons. The van der Waals surface area contributed by atoms with Crippen LogP contribution in [-0.2, 0) is 16.1 Å². The van der Waals surface area contributed by atoms with Crippen molar-refractivity contribution >= 4 is 11.8 Å². The third kappa shape index (κ3) is 2.72. The van der Waals surface area contributed by atoms with E-state index in [9.17, 15) is 9.59 Å². The van der Waals surface area contributed by atoms with E-state index in [1.165, 1.54) is 0 Å². The first-order valence-corrected chi connectivity index (χ1v) is 6.26. The molecule has 0 spiro atoms. The number of aromatic nitrogens is 1. The van der Waals surface area contributed by atoms with Crippen molar-refractivity contribution in [1.29, 1.82) is 0 Å². The van der Waals surface area contributed by atoms with Crippen LogP contribution in [0.25, 0.3) is 0 Å². The van der Waals surface area contributed by atoms with E-state index in [2.05, 4.69) is 10.3 Å². The van der Waals surface area contributed by atoms with Crippen molar-refractivity contribution in [3.63, 3.8) is 0 Å². The molecule has 0 aliphatic carbocycles. The first-order chi connectivity index (χ1) is 8.58. The van der Waals surface area contributed by atoms with E-state index in [1.807, 2.05) is 32.3 Å². The molecule has 2 rings (SSSR count). The smallest absolute Gasteiger partial charge is 0.225 e. The second kappa shape index (κ2) is 5.25. The number of aromatic amines is 1. The SMILES string of the molecule is CC(C)N1CC(C(=O)NCc2cc[nH]c2)CC1=O.